The van der Waals surface area contributed by atoms with E-state index in [0.717, 1.165) is 17.7 Å². The van der Waals surface area contributed by atoms with Gasteiger partial charge in [0, 0.05) is 15.3 Å². The third-order valence-corrected chi connectivity index (χ3v) is 3.92. The van der Waals surface area contributed by atoms with Gasteiger partial charge in [-0.15, -0.1) is 11.8 Å². The molecule has 1 atom stereocenters. The first-order chi connectivity index (χ1) is 9.23. The third kappa shape index (κ3) is 5.55. The number of hydrogen-bond donors (Lipinski definition) is 2. The Hall–Kier alpha value is -1.00. The fourth-order valence-corrected chi connectivity index (χ4v) is 2.94. The van der Waals surface area contributed by atoms with Crippen LogP contribution in [0.25, 0.3) is 0 Å². The van der Waals surface area contributed by atoms with Gasteiger partial charge in [-0.05, 0) is 37.1 Å². The number of thioether (sulfide) groups is 1. The van der Waals surface area contributed by atoms with Gasteiger partial charge >= 0.3 is 0 Å². The number of rotatable bonds is 5. The minimum atomic E-state index is -0.428. The molecule has 112 valence electrons. The quantitative estimate of drug-likeness (QED) is 0.808. The van der Waals surface area contributed by atoms with E-state index >= 15 is 0 Å². The molecule has 0 spiro atoms. The molecule has 0 radical (unpaired) electrons. The summed E-state index contributed by atoms with van der Waals surface area (Å²) in [7, 11) is 0. The van der Waals surface area contributed by atoms with Crippen LogP contribution in [0.4, 0.5) is 5.69 Å². The van der Waals surface area contributed by atoms with Gasteiger partial charge in [0.1, 0.15) is 0 Å². The number of nitrogens with one attached hydrogen (secondary N) is 1. The molecule has 0 heterocycles. The van der Waals surface area contributed by atoms with Gasteiger partial charge in [-0.3, -0.25) is 4.79 Å². The third-order valence-electron chi connectivity index (χ3n) is 2.82. The number of benzene rings is 1. The molecule has 0 aliphatic rings. The van der Waals surface area contributed by atoms with Gasteiger partial charge in [0.25, 0.3) is 0 Å². The average Bonchev–Trinajstić information content (AvgIpc) is 2.30. The van der Waals surface area contributed by atoms with Crippen LogP contribution in [0.2, 0.25) is 0 Å². The second kappa shape index (κ2) is 7.14. The van der Waals surface area contributed by atoms with Crippen LogP contribution in [0.3, 0.4) is 0 Å². The summed E-state index contributed by atoms with van der Waals surface area (Å²) in [5.41, 5.74) is 7.74. The summed E-state index contributed by atoms with van der Waals surface area (Å²) in [4.78, 5) is 13.1. The van der Waals surface area contributed by atoms with Crippen LogP contribution in [0, 0.1) is 6.92 Å². The van der Waals surface area contributed by atoms with Crippen LogP contribution < -0.4 is 11.1 Å². The van der Waals surface area contributed by atoms with Gasteiger partial charge in [-0.25, -0.2) is 0 Å². The highest BCUT2D eigenvalue weighted by molar-refractivity contribution is 8.00. The average molecular weight is 294 g/mol. The summed E-state index contributed by atoms with van der Waals surface area (Å²) >= 11 is 1.82. The van der Waals surface area contributed by atoms with E-state index in [9.17, 15) is 4.79 Å². The fourth-order valence-electron chi connectivity index (χ4n) is 1.86. The maximum absolute atomic E-state index is 11.9. The SMILES string of the molecule is CCCC(N)C(=O)Nc1ccc(SC(C)(C)C)cc1C. The van der Waals surface area contributed by atoms with Gasteiger partial charge in [-0.1, -0.05) is 34.1 Å². The molecule has 0 fully saturated rings. The molecular weight excluding hydrogens is 268 g/mol. The normalized spacial score (nSPS) is 13.1. The monoisotopic (exact) mass is 294 g/mol. The van der Waals surface area contributed by atoms with Crippen LogP contribution in [0.15, 0.2) is 23.1 Å². The Balaban J connectivity index is 2.76. The highest BCUT2D eigenvalue weighted by Crippen LogP contribution is 2.33. The summed E-state index contributed by atoms with van der Waals surface area (Å²) in [5.74, 6) is -0.105. The smallest absolute Gasteiger partial charge is 0.241 e. The van der Waals surface area contributed by atoms with Crippen molar-refractivity contribution in [2.75, 3.05) is 5.32 Å². The van der Waals surface area contributed by atoms with E-state index in [0.29, 0.717) is 6.42 Å². The van der Waals surface area contributed by atoms with Crippen molar-refractivity contribution in [2.45, 2.75) is 63.1 Å². The number of hydrogen-bond acceptors (Lipinski definition) is 3. The highest BCUT2D eigenvalue weighted by Gasteiger charge is 2.15. The summed E-state index contributed by atoms with van der Waals surface area (Å²) in [5, 5.41) is 2.91. The van der Waals surface area contributed by atoms with Gasteiger partial charge < -0.3 is 11.1 Å². The molecule has 3 nitrogen and oxygen atoms in total. The van der Waals surface area contributed by atoms with Gasteiger partial charge in [0.15, 0.2) is 0 Å². The number of aryl methyl sites for hydroxylation is 1. The van der Waals surface area contributed by atoms with E-state index in [1.165, 1.54) is 4.90 Å². The zero-order chi connectivity index (χ0) is 15.3. The lowest BCUT2D eigenvalue weighted by atomic mass is 10.1. The van der Waals surface area contributed by atoms with Crippen LogP contribution in [0.5, 0.6) is 0 Å². The lowest BCUT2D eigenvalue weighted by molar-refractivity contribution is -0.117. The molecule has 0 saturated heterocycles. The predicted molar refractivity (Wildman–Crippen MR) is 88.3 cm³/mol. The number of amides is 1. The Morgan fingerprint density at radius 2 is 2.05 bits per heavy atom. The second-order valence-electron chi connectivity index (χ2n) is 6.08. The van der Waals surface area contributed by atoms with Crippen molar-refractivity contribution < 1.29 is 4.79 Å². The Morgan fingerprint density at radius 1 is 1.40 bits per heavy atom. The van der Waals surface area contributed by atoms with Gasteiger partial charge in [0.2, 0.25) is 5.91 Å². The first-order valence-corrected chi connectivity index (χ1v) is 7.90. The zero-order valence-corrected chi connectivity index (χ0v) is 13.9. The van der Waals surface area contributed by atoms with Crippen molar-refractivity contribution in [3.63, 3.8) is 0 Å². The molecule has 1 aromatic carbocycles. The summed E-state index contributed by atoms with van der Waals surface area (Å²) in [6.07, 6.45) is 1.62. The molecule has 1 aromatic rings. The van der Waals surface area contributed by atoms with Crippen LogP contribution in [-0.4, -0.2) is 16.7 Å². The maximum Gasteiger partial charge on any atom is 0.241 e. The van der Waals surface area contributed by atoms with E-state index in [1.807, 2.05) is 37.7 Å². The van der Waals surface area contributed by atoms with Gasteiger partial charge in [0.05, 0.1) is 6.04 Å². The number of nitrogens with two attached hydrogens (primary N) is 1. The number of carbonyl (C=O) groups excluding carboxylic acids is 1. The van der Waals surface area contributed by atoms with Crippen molar-refractivity contribution in [2.24, 2.45) is 5.73 Å². The Bertz CT molecular complexity index is 466. The minimum absolute atomic E-state index is 0.105. The van der Waals surface area contributed by atoms with E-state index in [-0.39, 0.29) is 10.7 Å². The molecule has 1 amide bonds. The number of anilines is 1. The largest absolute Gasteiger partial charge is 0.324 e. The van der Waals surface area contributed by atoms with E-state index in [2.05, 4.69) is 32.2 Å². The first kappa shape index (κ1) is 17.1. The molecule has 0 aliphatic heterocycles. The fraction of sp³-hybridized carbons (Fsp3) is 0.562. The maximum atomic E-state index is 11.9. The van der Waals surface area contributed by atoms with Gasteiger partial charge in [-0.2, -0.15) is 0 Å². The number of carbonyl (C=O) groups is 1. The van der Waals surface area contributed by atoms with Crippen molar-refractivity contribution >= 4 is 23.4 Å². The molecule has 0 aliphatic carbocycles. The predicted octanol–water partition coefficient (Wildman–Crippen LogP) is 3.95. The minimum Gasteiger partial charge on any atom is -0.324 e. The molecule has 4 heteroatoms. The van der Waals surface area contributed by atoms with Crippen molar-refractivity contribution in [1.29, 1.82) is 0 Å². The molecule has 0 saturated carbocycles. The molecular formula is C16H26N2OS. The van der Waals surface area contributed by atoms with E-state index in [1.54, 1.807) is 0 Å². The molecule has 0 bridgehead atoms. The summed E-state index contributed by atoms with van der Waals surface area (Å²) in [6.45, 7) is 10.6. The molecule has 1 unspecified atom stereocenters. The molecule has 3 N–H and O–H groups in total. The van der Waals surface area contributed by atoms with Crippen molar-refractivity contribution in [3.05, 3.63) is 23.8 Å². The first-order valence-electron chi connectivity index (χ1n) is 7.09. The summed E-state index contributed by atoms with van der Waals surface area (Å²) < 4.78 is 0.181. The Labute approximate surface area is 126 Å². The topological polar surface area (TPSA) is 55.1 Å². The second-order valence-corrected chi connectivity index (χ2v) is 7.98. The molecule has 0 aromatic heterocycles. The standard InChI is InChI=1S/C16H26N2OS/c1-6-7-13(17)15(19)18-14-9-8-12(10-11(14)2)20-16(3,4)5/h8-10,13H,6-7,17H2,1-5H3,(H,18,19). The van der Waals surface area contributed by atoms with Crippen LogP contribution >= 0.6 is 11.8 Å². The lowest BCUT2D eigenvalue weighted by Gasteiger charge is -2.19. The summed E-state index contributed by atoms with van der Waals surface area (Å²) in [6, 6.07) is 5.68. The lowest BCUT2D eigenvalue weighted by Crippen LogP contribution is -2.35. The Kier molecular flexibility index (Phi) is 6.08. The van der Waals surface area contributed by atoms with Crippen molar-refractivity contribution in [1.82, 2.24) is 0 Å². The molecule has 1 rings (SSSR count). The Morgan fingerprint density at radius 3 is 2.55 bits per heavy atom. The zero-order valence-electron chi connectivity index (χ0n) is 13.1. The highest BCUT2D eigenvalue weighted by atomic mass is 32.2. The van der Waals surface area contributed by atoms with Crippen LogP contribution in [0.1, 0.15) is 46.1 Å². The van der Waals surface area contributed by atoms with E-state index < -0.39 is 6.04 Å². The van der Waals surface area contributed by atoms with Crippen LogP contribution in [-0.2, 0) is 4.79 Å². The molecule has 20 heavy (non-hydrogen) atoms. The van der Waals surface area contributed by atoms with E-state index in [4.69, 9.17) is 5.73 Å². The van der Waals surface area contributed by atoms with Crippen molar-refractivity contribution in [3.8, 4) is 0 Å².